The second-order valence-electron chi connectivity index (χ2n) is 6.85. The zero-order valence-electron chi connectivity index (χ0n) is 17.1. The van der Waals surface area contributed by atoms with Crippen molar-refractivity contribution in [3.8, 4) is 17.2 Å². The lowest BCUT2D eigenvalue weighted by molar-refractivity contribution is 0.146. The molecule has 0 N–H and O–H groups in total. The Balaban J connectivity index is 1.53. The molecule has 9 heteroatoms. The Hall–Kier alpha value is -3.85. The van der Waals surface area contributed by atoms with Gasteiger partial charge in [0.1, 0.15) is 42.0 Å². The van der Waals surface area contributed by atoms with Gasteiger partial charge in [-0.1, -0.05) is 0 Å². The number of fused-ring (bicyclic) bond motifs is 1. The van der Waals surface area contributed by atoms with E-state index >= 15 is 0 Å². The van der Waals surface area contributed by atoms with Gasteiger partial charge in [-0.15, -0.1) is 0 Å². The molecule has 164 valence electrons. The molecule has 7 nitrogen and oxygen atoms in total. The van der Waals surface area contributed by atoms with Crippen molar-refractivity contribution in [3.63, 3.8) is 0 Å². The lowest BCUT2D eigenvalue weighted by Crippen LogP contribution is -2.18. The van der Waals surface area contributed by atoms with Gasteiger partial charge in [-0.25, -0.2) is 13.5 Å². The maximum absolute atomic E-state index is 13.5. The van der Waals surface area contributed by atoms with Crippen LogP contribution in [0.4, 0.5) is 8.78 Å². The predicted molar refractivity (Wildman–Crippen MR) is 113 cm³/mol. The van der Waals surface area contributed by atoms with E-state index in [1.807, 2.05) is 6.07 Å². The summed E-state index contributed by atoms with van der Waals surface area (Å²) in [6.07, 6.45) is 2.97. The van der Waals surface area contributed by atoms with E-state index in [1.54, 1.807) is 31.5 Å². The standard InChI is InChI=1S/C23H19F2N3O4/c1-30-6-7-31-20-9-15-8-19(2-3-21(15)26-13-20)32-14-22-23(29)4-5-28(27-22)18-11-16(24)10-17(25)12-18/h2-5,8-13H,6-7,14H2,1H3. The summed E-state index contributed by atoms with van der Waals surface area (Å²) in [5.74, 6) is -0.384. The summed E-state index contributed by atoms with van der Waals surface area (Å²) in [5, 5.41) is 4.96. The largest absolute Gasteiger partial charge is 0.490 e. The number of methoxy groups -OCH3 is 1. The van der Waals surface area contributed by atoms with Crippen LogP contribution in [0.15, 0.2) is 65.7 Å². The third-order valence-electron chi connectivity index (χ3n) is 4.55. The normalized spacial score (nSPS) is 11.0. The molecule has 0 saturated carbocycles. The molecule has 2 aromatic heterocycles. The first-order valence-electron chi connectivity index (χ1n) is 9.71. The maximum Gasteiger partial charge on any atom is 0.206 e. The lowest BCUT2D eigenvalue weighted by Gasteiger charge is -2.10. The predicted octanol–water partition coefficient (Wildman–Crippen LogP) is 3.66. The fourth-order valence-corrected chi connectivity index (χ4v) is 3.02. The smallest absolute Gasteiger partial charge is 0.206 e. The Bertz CT molecular complexity index is 1290. The number of halogens is 2. The van der Waals surface area contributed by atoms with Gasteiger partial charge in [-0.3, -0.25) is 9.78 Å². The van der Waals surface area contributed by atoms with Crippen LogP contribution in [0.5, 0.6) is 11.5 Å². The van der Waals surface area contributed by atoms with Gasteiger partial charge in [0.25, 0.3) is 0 Å². The molecule has 0 fully saturated rings. The number of nitrogens with zero attached hydrogens (tertiary/aromatic N) is 3. The van der Waals surface area contributed by atoms with Gasteiger partial charge in [0, 0.05) is 30.8 Å². The van der Waals surface area contributed by atoms with Crippen molar-refractivity contribution in [1.82, 2.24) is 14.8 Å². The highest BCUT2D eigenvalue weighted by molar-refractivity contribution is 5.81. The van der Waals surface area contributed by atoms with Gasteiger partial charge in [-0.05, 0) is 36.4 Å². The molecular formula is C23H19F2N3O4. The minimum absolute atomic E-state index is 0.0899. The molecule has 32 heavy (non-hydrogen) atoms. The summed E-state index contributed by atoms with van der Waals surface area (Å²) < 4.78 is 44.5. The summed E-state index contributed by atoms with van der Waals surface area (Å²) in [5.41, 5.74) is 0.646. The van der Waals surface area contributed by atoms with E-state index in [0.717, 1.165) is 29.1 Å². The van der Waals surface area contributed by atoms with Crippen molar-refractivity contribution in [2.24, 2.45) is 0 Å². The molecule has 4 rings (SSSR count). The quantitative estimate of drug-likeness (QED) is 0.390. The molecule has 2 heterocycles. The van der Waals surface area contributed by atoms with Crippen LogP contribution in [0.3, 0.4) is 0 Å². The van der Waals surface area contributed by atoms with Crippen LogP contribution in [-0.2, 0) is 11.3 Å². The Labute approximate surface area is 181 Å². The van der Waals surface area contributed by atoms with Crippen LogP contribution in [0.2, 0.25) is 0 Å². The summed E-state index contributed by atoms with van der Waals surface area (Å²) in [6, 6.07) is 11.4. The van der Waals surface area contributed by atoms with Crippen LogP contribution in [0, 0.1) is 11.6 Å². The molecule has 0 bridgehead atoms. The molecule has 0 atom stereocenters. The van der Waals surface area contributed by atoms with Gasteiger partial charge in [0.05, 0.1) is 24.0 Å². The van der Waals surface area contributed by atoms with E-state index in [-0.39, 0.29) is 23.4 Å². The number of aromatic nitrogens is 3. The van der Waals surface area contributed by atoms with E-state index in [4.69, 9.17) is 14.2 Å². The molecule has 0 unspecified atom stereocenters. The molecule has 0 aliphatic heterocycles. The van der Waals surface area contributed by atoms with Gasteiger partial charge in [0.15, 0.2) is 0 Å². The van der Waals surface area contributed by atoms with Gasteiger partial charge < -0.3 is 14.2 Å². The van der Waals surface area contributed by atoms with E-state index in [9.17, 15) is 13.6 Å². The Morgan fingerprint density at radius 3 is 2.50 bits per heavy atom. The average molecular weight is 439 g/mol. The van der Waals surface area contributed by atoms with Crippen LogP contribution >= 0.6 is 0 Å². The highest BCUT2D eigenvalue weighted by atomic mass is 19.1. The van der Waals surface area contributed by atoms with Crippen molar-refractivity contribution in [3.05, 3.63) is 88.5 Å². The Morgan fingerprint density at radius 2 is 1.72 bits per heavy atom. The molecule has 2 aromatic carbocycles. The fourth-order valence-electron chi connectivity index (χ4n) is 3.02. The molecule has 0 aliphatic rings. The second-order valence-corrected chi connectivity index (χ2v) is 6.85. The molecule has 0 amide bonds. The summed E-state index contributed by atoms with van der Waals surface area (Å²) in [4.78, 5) is 16.5. The minimum atomic E-state index is -0.742. The van der Waals surface area contributed by atoms with Crippen molar-refractivity contribution < 1.29 is 23.0 Å². The zero-order valence-corrected chi connectivity index (χ0v) is 17.1. The van der Waals surface area contributed by atoms with E-state index in [1.165, 1.54) is 16.9 Å². The number of rotatable bonds is 8. The first kappa shape index (κ1) is 21.4. The molecule has 4 aromatic rings. The topological polar surface area (TPSA) is 75.5 Å². The van der Waals surface area contributed by atoms with Crippen molar-refractivity contribution in [1.29, 1.82) is 0 Å². The SMILES string of the molecule is COCCOc1cnc2ccc(OCc3nn(-c4cc(F)cc(F)c4)ccc3=O)cc2c1. The van der Waals surface area contributed by atoms with Crippen LogP contribution in [-0.4, -0.2) is 35.1 Å². The van der Waals surface area contributed by atoms with Crippen LogP contribution in [0.25, 0.3) is 16.6 Å². The number of benzene rings is 2. The second kappa shape index (κ2) is 9.52. The molecule has 0 radical (unpaired) electrons. The summed E-state index contributed by atoms with van der Waals surface area (Å²) in [6.45, 7) is 0.743. The first-order valence-corrected chi connectivity index (χ1v) is 9.71. The first-order chi connectivity index (χ1) is 15.5. The highest BCUT2D eigenvalue weighted by Crippen LogP contribution is 2.23. The van der Waals surface area contributed by atoms with Crippen LogP contribution in [0.1, 0.15) is 5.69 Å². The summed E-state index contributed by atoms with van der Waals surface area (Å²) >= 11 is 0. The summed E-state index contributed by atoms with van der Waals surface area (Å²) in [7, 11) is 1.60. The van der Waals surface area contributed by atoms with Crippen LogP contribution < -0.4 is 14.9 Å². The highest BCUT2D eigenvalue weighted by Gasteiger charge is 2.09. The third kappa shape index (κ3) is 5.06. The molecule has 0 aliphatic carbocycles. The lowest BCUT2D eigenvalue weighted by atomic mass is 10.2. The van der Waals surface area contributed by atoms with Crippen molar-refractivity contribution >= 4 is 10.9 Å². The van der Waals surface area contributed by atoms with Crippen molar-refractivity contribution in [2.75, 3.05) is 20.3 Å². The van der Waals surface area contributed by atoms with E-state index < -0.39 is 11.6 Å². The van der Waals surface area contributed by atoms with E-state index in [2.05, 4.69) is 10.1 Å². The van der Waals surface area contributed by atoms with Gasteiger partial charge >= 0.3 is 0 Å². The monoisotopic (exact) mass is 439 g/mol. The Kier molecular flexibility index (Phi) is 6.37. The van der Waals surface area contributed by atoms with Gasteiger partial charge in [0.2, 0.25) is 5.43 Å². The average Bonchev–Trinajstić information content (AvgIpc) is 2.78. The number of pyridine rings is 1. The van der Waals surface area contributed by atoms with Crippen molar-refractivity contribution in [2.45, 2.75) is 6.61 Å². The third-order valence-corrected chi connectivity index (χ3v) is 4.55. The Morgan fingerprint density at radius 1 is 0.938 bits per heavy atom. The molecule has 0 spiro atoms. The van der Waals surface area contributed by atoms with Gasteiger partial charge in [-0.2, -0.15) is 5.10 Å². The zero-order chi connectivity index (χ0) is 22.5. The number of hydrogen-bond acceptors (Lipinski definition) is 6. The molecular weight excluding hydrogens is 420 g/mol. The fraction of sp³-hybridized carbons (Fsp3) is 0.174. The minimum Gasteiger partial charge on any atom is -0.490 e. The maximum atomic E-state index is 13.5. The number of hydrogen-bond donors (Lipinski definition) is 0. The van der Waals surface area contributed by atoms with E-state index in [0.29, 0.717) is 24.7 Å². The molecule has 0 saturated heterocycles. The number of ether oxygens (including phenoxy) is 3.